The topological polar surface area (TPSA) is 128 Å². The average Bonchev–Trinajstić information content (AvgIpc) is 3.30. The maximum Gasteiger partial charge on any atom is 0.269 e. The molecule has 0 saturated carbocycles. The Morgan fingerprint density at radius 2 is 1.73 bits per heavy atom. The molecule has 0 radical (unpaired) electrons. The van der Waals surface area contributed by atoms with Crippen molar-refractivity contribution in [1.82, 2.24) is 19.5 Å². The van der Waals surface area contributed by atoms with Crippen molar-refractivity contribution in [3.05, 3.63) is 95.3 Å². The molecule has 0 aliphatic rings. The summed E-state index contributed by atoms with van der Waals surface area (Å²) in [6, 6.07) is 14.3. The van der Waals surface area contributed by atoms with E-state index in [-0.39, 0.29) is 11.6 Å². The van der Waals surface area contributed by atoms with Gasteiger partial charge >= 0.3 is 0 Å². The van der Waals surface area contributed by atoms with Crippen LogP contribution in [0.2, 0.25) is 0 Å². The summed E-state index contributed by atoms with van der Waals surface area (Å²) in [6.45, 7) is 0. The van der Waals surface area contributed by atoms with Crippen molar-refractivity contribution >= 4 is 28.8 Å². The number of imidazole rings is 1. The first-order valence-electron chi connectivity index (χ1n) is 8.82. The molecule has 0 spiro atoms. The lowest BCUT2D eigenvalue weighted by molar-refractivity contribution is -0.384. The number of nitro groups is 1. The maximum atomic E-state index is 12.3. The standard InChI is InChI=1S/C20H15N7O3/c28-20(14-1-7-17(8-2-14)27(29)30)25-16-5-3-15(4-6-16)24-18-11-19(23-12-22-18)26-10-9-21-13-26/h1-13H,(H,25,28)(H,22,23,24). The lowest BCUT2D eigenvalue weighted by Gasteiger charge is -2.09. The summed E-state index contributed by atoms with van der Waals surface area (Å²) in [5.41, 5.74) is 1.63. The molecule has 0 aliphatic heterocycles. The summed E-state index contributed by atoms with van der Waals surface area (Å²) < 4.78 is 1.77. The number of non-ortho nitro benzene ring substituents is 1. The molecule has 10 nitrogen and oxygen atoms in total. The Morgan fingerprint density at radius 1 is 1.00 bits per heavy atom. The van der Waals surface area contributed by atoms with E-state index in [1.54, 1.807) is 53.6 Å². The smallest absolute Gasteiger partial charge is 0.269 e. The Labute approximate surface area is 170 Å². The van der Waals surface area contributed by atoms with Crippen LogP contribution in [0.25, 0.3) is 5.82 Å². The van der Waals surface area contributed by atoms with Crippen LogP contribution >= 0.6 is 0 Å². The van der Waals surface area contributed by atoms with Crippen LogP contribution < -0.4 is 10.6 Å². The Hall–Kier alpha value is -4.60. The van der Waals surface area contributed by atoms with Gasteiger partial charge in [0.1, 0.15) is 24.3 Å². The van der Waals surface area contributed by atoms with E-state index in [0.29, 0.717) is 22.9 Å². The van der Waals surface area contributed by atoms with Gasteiger partial charge in [0.05, 0.1) is 4.92 Å². The van der Waals surface area contributed by atoms with Crippen molar-refractivity contribution in [2.45, 2.75) is 0 Å². The molecule has 0 saturated heterocycles. The number of aromatic nitrogens is 4. The zero-order valence-electron chi connectivity index (χ0n) is 15.5. The minimum atomic E-state index is -0.510. The van der Waals surface area contributed by atoms with Crippen molar-refractivity contribution in [2.24, 2.45) is 0 Å². The van der Waals surface area contributed by atoms with E-state index in [0.717, 1.165) is 5.69 Å². The van der Waals surface area contributed by atoms with E-state index in [9.17, 15) is 14.9 Å². The highest BCUT2D eigenvalue weighted by molar-refractivity contribution is 6.04. The SMILES string of the molecule is O=C(Nc1ccc(Nc2cc(-n3ccnc3)ncn2)cc1)c1ccc([N+](=O)[O-])cc1. The number of hydrogen-bond donors (Lipinski definition) is 2. The first-order valence-corrected chi connectivity index (χ1v) is 8.82. The summed E-state index contributed by atoms with van der Waals surface area (Å²) in [4.78, 5) is 34.9. The van der Waals surface area contributed by atoms with E-state index >= 15 is 0 Å². The zero-order chi connectivity index (χ0) is 20.9. The number of benzene rings is 2. The predicted octanol–water partition coefficient (Wildman–Crippen LogP) is 3.57. The number of rotatable bonds is 6. The highest BCUT2D eigenvalue weighted by atomic mass is 16.6. The van der Waals surface area contributed by atoms with Crippen LogP contribution in [0.1, 0.15) is 10.4 Å². The molecule has 0 atom stereocenters. The molecule has 148 valence electrons. The van der Waals surface area contributed by atoms with Crippen molar-refractivity contribution in [3.8, 4) is 5.82 Å². The average molecular weight is 401 g/mol. The van der Waals surface area contributed by atoms with Crippen LogP contribution in [0.4, 0.5) is 22.9 Å². The van der Waals surface area contributed by atoms with Crippen LogP contribution in [0, 0.1) is 10.1 Å². The quantitative estimate of drug-likeness (QED) is 0.373. The van der Waals surface area contributed by atoms with Gasteiger partial charge in [-0.25, -0.2) is 15.0 Å². The molecule has 2 aromatic heterocycles. The van der Waals surface area contributed by atoms with Crippen LogP contribution in [0.3, 0.4) is 0 Å². The lowest BCUT2D eigenvalue weighted by atomic mass is 10.2. The molecule has 2 aromatic carbocycles. The van der Waals surface area contributed by atoms with Crippen molar-refractivity contribution in [2.75, 3.05) is 10.6 Å². The monoisotopic (exact) mass is 401 g/mol. The number of carbonyl (C=O) groups excluding carboxylic acids is 1. The van der Waals surface area contributed by atoms with Crippen molar-refractivity contribution in [3.63, 3.8) is 0 Å². The van der Waals surface area contributed by atoms with Gasteiger partial charge in [-0.3, -0.25) is 19.5 Å². The molecule has 10 heteroatoms. The van der Waals surface area contributed by atoms with Gasteiger partial charge in [-0.05, 0) is 36.4 Å². The second-order valence-corrected chi connectivity index (χ2v) is 6.19. The van der Waals surface area contributed by atoms with E-state index in [2.05, 4.69) is 25.6 Å². The number of hydrogen-bond acceptors (Lipinski definition) is 7. The van der Waals surface area contributed by atoms with E-state index in [4.69, 9.17) is 0 Å². The molecule has 0 unspecified atom stereocenters. The number of nitrogens with zero attached hydrogens (tertiary/aromatic N) is 5. The Kier molecular flexibility index (Phi) is 5.12. The third kappa shape index (κ3) is 4.28. The Balaban J connectivity index is 1.41. The van der Waals surface area contributed by atoms with Gasteiger partial charge in [0.15, 0.2) is 0 Å². The molecule has 1 amide bonds. The van der Waals surface area contributed by atoms with Gasteiger partial charge in [-0.1, -0.05) is 0 Å². The number of anilines is 3. The first kappa shape index (κ1) is 18.7. The lowest BCUT2D eigenvalue weighted by Crippen LogP contribution is -2.11. The van der Waals surface area contributed by atoms with E-state index in [1.807, 2.05) is 0 Å². The summed E-state index contributed by atoms with van der Waals surface area (Å²) in [5, 5.41) is 16.6. The van der Waals surface area contributed by atoms with Gasteiger partial charge in [0.2, 0.25) is 0 Å². The molecule has 0 bridgehead atoms. The minimum absolute atomic E-state index is 0.0668. The Morgan fingerprint density at radius 3 is 2.40 bits per heavy atom. The Bertz CT molecular complexity index is 1170. The van der Waals surface area contributed by atoms with Gasteiger partial charge in [0.25, 0.3) is 11.6 Å². The molecular weight excluding hydrogens is 386 g/mol. The minimum Gasteiger partial charge on any atom is -0.340 e. The molecule has 0 aliphatic carbocycles. The molecule has 2 N–H and O–H groups in total. The van der Waals surface area contributed by atoms with E-state index < -0.39 is 4.92 Å². The van der Waals surface area contributed by atoms with Crippen LogP contribution in [0.5, 0.6) is 0 Å². The fourth-order valence-electron chi connectivity index (χ4n) is 2.67. The number of carbonyl (C=O) groups is 1. The summed E-state index contributed by atoms with van der Waals surface area (Å²) in [7, 11) is 0. The van der Waals surface area contributed by atoms with Crippen molar-refractivity contribution in [1.29, 1.82) is 0 Å². The number of amides is 1. The second-order valence-electron chi connectivity index (χ2n) is 6.19. The first-order chi connectivity index (χ1) is 14.6. The number of nitrogens with one attached hydrogen (secondary N) is 2. The second kappa shape index (κ2) is 8.19. The molecule has 2 heterocycles. The maximum absolute atomic E-state index is 12.3. The number of nitro benzene ring substituents is 1. The van der Waals surface area contributed by atoms with Crippen LogP contribution in [-0.4, -0.2) is 30.3 Å². The van der Waals surface area contributed by atoms with Gasteiger partial charge in [-0.15, -0.1) is 0 Å². The van der Waals surface area contributed by atoms with Crippen LogP contribution in [0.15, 0.2) is 79.6 Å². The van der Waals surface area contributed by atoms with Crippen molar-refractivity contribution < 1.29 is 9.72 Å². The normalized spacial score (nSPS) is 10.4. The predicted molar refractivity (Wildman–Crippen MR) is 110 cm³/mol. The summed E-state index contributed by atoms with van der Waals surface area (Å²) >= 11 is 0. The highest BCUT2D eigenvalue weighted by Crippen LogP contribution is 2.19. The molecule has 30 heavy (non-hydrogen) atoms. The van der Waals surface area contributed by atoms with Gasteiger partial charge in [-0.2, -0.15) is 0 Å². The molecule has 0 fully saturated rings. The molecule has 4 rings (SSSR count). The third-order valence-corrected chi connectivity index (χ3v) is 4.18. The molecular formula is C20H15N7O3. The fourth-order valence-corrected chi connectivity index (χ4v) is 2.67. The highest BCUT2D eigenvalue weighted by Gasteiger charge is 2.10. The summed E-state index contributed by atoms with van der Waals surface area (Å²) in [6.07, 6.45) is 6.55. The largest absolute Gasteiger partial charge is 0.340 e. The van der Waals surface area contributed by atoms with E-state index in [1.165, 1.54) is 30.6 Å². The third-order valence-electron chi connectivity index (χ3n) is 4.18. The zero-order valence-corrected chi connectivity index (χ0v) is 15.5. The fraction of sp³-hybridized carbons (Fsp3) is 0. The summed E-state index contributed by atoms with van der Waals surface area (Å²) in [5.74, 6) is 0.930. The van der Waals surface area contributed by atoms with Gasteiger partial charge in [0, 0.05) is 47.5 Å². The van der Waals surface area contributed by atoms with Crippen LogP contribution in [-0.2, 0) is 0 Å². The van der Waals surface area contributed by atoms with Gasteiger partial charge < -0.3 is 10.6 Å². The molecule has 4 aromatic rings.